The Hall–Kier alpha value is -4.05. The minimum atomic E-state index is -1.01. The maximum Gasteiger partial charge on any atom is 0.337 e. The van der Waals surface area contributed by atoms with E-state index in [1.807, 2.05) is 18.7 Å². The van der Waals surface area contributed by atoms with Crippen molar-refractivity contribution in [1.82, 2.24) is 14.9 Å². The fourth-order valence-corrected chi connectivity index (χ4v) is 6.59. The number of hydrogen-bond acceptors (Lipinski definition) is 6. The van der Waals surface area contributed by atoms with Gasteiger partial charge in [0.1, 0.15) is 17.3 Å². The highest BCUT2D eigenvalue weighted by atomic mass is 35.5. The number of aryl methyl sites for hydroxylation is 2. The van der Waals surface area contributed by atoms with Gasteiger partial charge in [0.05, 0.1) is 44.4 Å². The normalized spacial score (nSPS) is 20.8. The summed E-state index contributed by atoms with van der Waals surface area (Å²) < 4.78 is 28.4. The molecular weight excluding hydrogens is 564 g/mol. The van der Waals surface area contributed by atoms with E-state index in [0.29, 0.717) is 60.3 Å². The molecule has 3 aliphatic rings. The molecule has 2 aromatic heterocycles. The van der Waals surface area contributed by atoms with E-state index < -0.39 is 22.7 Å². The highest BCUT2D eigenvalue weighted by molar-refractivity contribution is 6.30. The van der Waals surface area contributed by atoms with Crippen molar-refractivity contribution in [3.8, 4) is 0 Å². The monoisotopic (exact) mass is 593 g/mol. The number of carbonyl (C=O) groups excluding carboxylic acids is 1. The van der Waals surface area contributed by atoms with Crippen molar-refractivity contribution in [2.75, 3.05) is 36.0 Å². The lowest BCUT2D eigenvalue weighted by molar-refractivity contribution is 0.0506. The molecule has 6 rings (SSSR count). The third-order valence-electron chi connectivity index (χ3n) is 8.50. The number of halogens is 3. The average molecular weight is 594 g/mol. The van der Waals surface area contributed by atoms with Gasteiger partial charge in [0.25, 0.3) is 5.91 Å². The van der Waals surface area contributed by atoms with Crippen molar-refractivity contribution in [2.45, 2.75) is 45.1 Å². The zero-order valence-corrected chi connectivity index (χ0v) is 24.5. The van der Waals surface area contributed by atoms with Gasteiger partial charge in [-0.3, -0.25) is 4.79 Å². The average Bonchev–Trinajstić information content (AvgIpc) is 3.23. The van der Waals surface area contributed by atoms with Crippen molar-refractivity contribution >= 4 is 40.7 Å². The molecule has 1 spiro atoms. The van der Waals surface area contributed by atoms with E-state index >= 15 is 0 Å². The Balaban J connectivity index is 1.28. The van der Waals surface area contributed by atoms with Crippen LogP contribution in [0.4, 0.5) is 26.0 Å². The summed E-state index contributed by atoms with van der Waals surface area (Å²) in [7, 11) is 0. The zero-order valence-electron chi connectivity index (χ0n) is 23.7. The number of piperazine rings is 1. The first kappa shape index (κ1) is 28.1. The molecule has 1 unspecified atom stereocenters. The predicted molar refractivity (Wildman–Crippen MR) is 156 cm³/mol. The second-order valence-electron chi connectivity index (χ2n) is 11.9. The molecule has 8 nitrogen and oxygen atoms in total. The van der Waals surface area contributed by atoms with Gasteiger partial charge in [0, 0.05) is 38.3 Å². The van der Waals surface area contributed by atoms with Gasteiger partial charge < -0.3 is 19.8 Å². The number of carboxylic acids is 1. The van der Waals surface area contributed by atoms with Crippen LogP contribution >= 0.6 is 11.6 Å². The molecule has 3 aromatic rings. The van der Waals surface area contributed by atoms with Crippen molar-refractivity contribution in [1.29, 1.82) is 0 Å². The molecular formula is C31H30ClF2N5O3. The van der Waals surface area contributed by atoms with E-state index in [1.54, 1.807) is 43.0 Å². The third kappa shape index (κ3) is 4.48. The highest BCUT2D eigenvalue weighted by Gasteiger charge is 2.50. The first-order valence-corrected chi connectivity index (χ1v) is 14.1. The summed E-state index contributed by atoms with van der Waals surface area (Å²) in [6.45, 7) is 9.15. The van der Waals surface area contributed by atoms with Crippen molar-refractivity contribution in [2.24, 2.45) is 0 Å². The van der Waals surface area contributed by atoms with Gasteiger partial charge in [-0.1, -0.05) is 11.6 Å². The molecule has 0 radical (unpaired) electrons. The van der Waals surface area contributed by atoms with Crippen molar-refractivity contribution in [3.05, 3.63) is 87.3 Å². The van der Waals surface area contributed by atoms with Gasteiger partial charge in [-0.25, -0.2) is 23.5 Å². The molecule has 0 bridgehead atoms. The van der Waals surface area contributed by atoms with Crippen LogP contribution in [0.25, 0.3) is 0 Å². The molecule has 1 N–H and O–H groups in total. The molecule has 1 aliphatic carbocycles. The summed E-state index contributed by atoms with van der Waals surface area (Å²) in [6.07, 6.45) is 1.70. The highest BCUT2D eigenvalue weighted by Crippen LogP contribution is 2.53. The molecule has 2 aliphatic heterocycles. The Kier molecular flexibility index (Phi) is 6.53. The SMILES string of the molecule is Cc1cc(N2CCN(C(=O)c3ccc4c(n3)C3(C=C(F)C3)CN4c3ccc(Cl)c(F)c3)C(C)(C)C2)nc(C)c1C(=O)O. The minimum Gasteiger partial charge on any atom is -0.478 e. The number of rotatable bonds is 4. The van der Waals surface area contributed by atoms with Gasteiger partial charge in [0.15, 0.2) is 0 Å². The Morgan fingerprint density at radius 1 is 1.02 bits per heavy atom. The number of aromatic nitrogens is 2. The standard InChI is InChI=1S/C31H30ClF2N5O3/c1-17-11-25(35-18(2)26(17)29(41)42)37-9-10-39(30(3,4)15-37)28(40)23-7-8-24-27(36-23)31(13-19(33)14-31)16-38(24)20-5-6-21(32)22(34)12-20/h5-8,11-13H,9-10,14-16H2,1-4H3,(H,41,42). The van der Waals surface area contributed by atoms with Crippen LogP contribution < -0.4 is 9.80 Å². The van der Waals surface area contributed by atoms with E-state index in [0.717, 1.165) is 0 Å². The van der Waals surface area contributed by atoms with Crippen LogP contribution in [0.1, 0.15) is 58.1 Å². The number of pyridine rings is 2. The number of fused-ring (bicyclic) bond motifs is 2. The molecule has 11 heteroatoms. The molecule has 1 aromatic carbocycles. The first-order valence-electron chi connectivity index (χ1n) is 13.7. The summed E-state index contributed by atoms with van der Waals surface area (Å²) >= 11 is 5.89. The number of hydrogen-bond donors (Lipinski definition) is 1. The van der Waals surface area contributed by atoms with Gasteiger partial charge in [-0.05, 0) is 75.7 Å². The Morgan fingerprint density at radius 3 is 2.38 bits per heavy atom. The summed E-state index contributed by atoms with van der Waals surface area (Å²) in [4.78, 5) is 40.6. The lowest BCUT2D eigenvalue weighted by Gasteiger charge is -2.47. The maximum absolute atomic E-state index is 14.3. The summed E-state index contributed by atoms with van der Waals surface area (Å²) in [6, 6.07) is 9.77. The first-order chi connectivity index (χ1) is 19.8. The zero-order chi connectivity index (χ0) is 30.1. The Labute approximate surface area is 247 Å². The van der Waals surface area contributed by atoms with Crippen LogP contribution in [-0.4, -0.2) is 63.6 Å². The second kappa shape index (κ2) is 9.76. The van der Waals surface area contributed by atoms with Crippen molar-refractivity contribution < 1.29 is 23.5 Å². The fraction of sp³-hybridized carbons (Fsp3) is 0.355. The molecule has 1 fully saturated rings. The number of anilines is 3. The lowest BCUT2D eigenvalue weighted by atomic mass is 9.74. The van der Waals surface area contributed by atoms with E-state index in [-0.39, 0.29) is 34.4 Å². The van der Waals surface area contributed by atoms with E-state index in [2.05, 4.69) is 9.88 Å². The Bertz CT molecular complexity index is 1670. The molecule has 0 saturated carbocycles. The fourth-order valence-electron chi connectivity index (χ4n) is 6.47. The van der Waals surface area contributed by atoms with Crippen LogP contribution in [0.5, 0.6) is 0 Å². The summed E-state index contributed by atoms with van der Waals surface area (Å²) in [5, 5.41) is 9.52. The lowest BCUT2D eigenvalue weighted by Crippen LogP contribution is -2.61. The molecule has 1 amide bonds. The predicted octanol–water partition coefficient (Wildman–Crippen LogP) is 5.97. The second-order valence-corrected chi connectivity index (χ2v) is 12.3. The summed E-state index contributed by atoms with van der Waals surface area (Å²) in [5.74, 6) is -1.36. The van der Waals surface area contributed by atoms with Crippen LogP contribution in [-0.2, 0) is 5.41 Å². The maximum atomic E-state index is 14.3. The number of nitrogens with zero attached hydrogens (tertiary/aromatic N) is 5. The van der Waals surface area contributed by atoms with Crippen LogP contribution in [0.15, 0.2) is 48.3 Å². The summed E-state index contributed by atoms with van der Waals surface area (Å²) in [5.41, 5.74) is 2.10. The van der Waals surface area contributed by atoms with E-state index in [9.17, 15) is 23.5 Å². The quantitative estimate of drug-likeness (QED) is 0.398. The van der Waals surface area contributed by atoms with Gasteiger partial charge in [0.2, 0.25) is 0 Å². The minimum absolute atomic E-state index is 0.0163. The van der Waals surface area contributed by atoms with Gasteiger partial charge >= 0.3 is 5.97 Å². The van der Waals surface area contributed by atoms with Crippen molar-refractivity contribution in [3.63, 3.8) is 0 Å². The number of amides is 1. The number of benzene rings is 1. The van der Waals surface area contributed by atoms with E-state index in [1.165, 1.54) is 18.2 Å². The number of aromatic carboxylic acids is 1. The molecule has 218 valence electrons. The Morgan fingerprint density at radius 2 is 1.76 bits per heavy atom. The van der Waals surface area contributed by atoms with E-state index in [4.69, 9.17) is 16.6 Å². The molecule has 42 heavy (non-hydrogen) atoms. The van der Waals surface area contributed by atoms with Crippen LogP contribution in [0, 0.1) is 19.7 Å². The number of carbonyl (C=O) groups is 2. The van der Waals surface area contributed by atoms with Crippen LogP contribution in [0.3, 0.4) is 0 Å². The van der Waals surface area contributed by atoms with Gasteiger partial charge in [-0.15, -0.1) is 0 Å². The van der Waals surface area contributed by atoms with Gasteiger partial charge in [-0.2, -0.15) is 0 Å². The smallest absolute Gasteiger partial charge is 0.337 e. The number of carboxylic acid groups (broad SMARTS) is 1. The third-order valence-corrected chi connectivity index (χ3v) is 8.80. The largest absolute Gasteiger partial charge is 0.478 e. The number of allylic oxidation sites excluding steroid dienone is 1. The molecule has 1 saturated heterocycles. The molecule has 4 heterocycles. The van der Waals surface area contributed by atoms with Crippen LogP contribution in [0.2, 0.25) is 5.02 Å². The topological polar surface area (TPSA) is 89.9 Å². The molecule has 1 atom stereocenters.